The van der Waals surface area contributed by atoms with E-state index in [1.807, 2.05) is 5.10 Å². The molecule has 0 spiro atoms. The van der Waals surface area contributed by atoms with E-state index < -0.39 is 21.9 Å². The number of nitrogens with one attached hydrogen (secondary N) is 1. The first-order valence-corrected chi connectivity index (χ1v) is 9.27. The van der Waals surface area contributed by atoms with Crippen molar-refractivity contribution in [1.29, 1.82) is 0 Å². The van der Waals surface area contributed by atoms with E-state index in [2.05, 4.69) is 5.10 Å². The zero-order chi connectivity index (χ0) is 16.7. The predicted molar refractivity (Wildman–Crippen MR) is 79.5 cm³/mol. The van der Waals surface area contributed by atoms with Crippen molar-refractivity contribution in [2.45, 2.75) is 29.6 Å². The van der Waals surface area contributed by atoms with E-state index in [1.165, 1.54) is 16.4 Å². The maximum atomic E-state index is 12.6. The molecule has 23 heavy (non-hydrogen) atoms. The quantitative estimate of drug-likeness (QED) is 0.907. The van der Waals surface area contributed by atoms with E-state index in [0.717, 1.165) is 36.7 Å². The summed E-state index contributed by atoms with van der Waals surface area (Å²) in [7, 11) is -3.58. The number of sulfonamides is 1. The van der Waals surface area contributed by atoms with E-state index in [9.17, 15) is 21.6 Å². The molecule has 2 aromatic heterocycles. The molecule has 0 unspecified atom stereocenters. The van der Waals surface area contributed by atoms with Crippen molar-refractivity contribution in [3.05, 3.63) is 23.9 Å². The van der Waals surface area contributed by atoms with Crippen molar-refractivity contribution >= 4 is 21.4 Å². The molecule has 2 aromatic rings. The van der Waals surface area contributed by atoms with Crippen molar-refractivity contribution < 1.29 is 21.6 Å². The van der Waals surface area contributed by atoms with Crippen molar-refractivity contribution in [2.24, 2.45) is 0 Å². The van der Waals surface area contributed by atoms with Gasteiger partial charge in [-0.25, -0.2) is 8.42 Å². The molecule has 0 bridgehead atoms. The van der Waals surface area contributed by atoms with Gasteiger partial charge in [0.2, 0.25) is 0 Å². The standard InChI is InChI=1S/C13H14F3N3O2S2/c14-13(15,16)11-8-9(17-18-11)10-4-5-12(22-10)23(20,21)19-6-2-1-3-7-19/h4-5,8H,1-3,6-7H2,(H,17,18). The number of aromatic nitrogens is 2. The van der Waals surface area contributed by atoms with Gasteiger partial charge in [0.1, 0.15) is 15.6 Å². The van der Waals surface area contributed by atoms with Gasteiger partial charge >= 0.3 is 6.18 Å². The average Bonchev–Trinajstić information content (AvgIpc) is 3.16. The van der Waals surface area contributed by atoms with Crippen LogP contribution < -0.4 is 0 Å². The Morgan fingerprint density at radius 2 is 1.87 bits per heavy atom. The molecule has 0 aliphatic carbocycles. The zero-order valence-corrected chi connectivity index (χ0v) is 13.6. The van der Waals surface area contributed by atoms with Crippen LogP contribution in [0.25, 0.3) is 10.6 Å². The van der Waals surface area contributed by atoms with Gasteiger partial charge in [-0.05, 0) is 31.0 Å². The van der Waals surface area contributed by atoms with Crippen LogP contribution in [0.1, 0.15) is 25.0 Å². The van der Waals surface area contributed by atoms with E-state index in [-0.39, 0.29) is 9.90 Å². The molecule has 0 amide bonds. The van der Waals surface area contributed by atoms with Crippen molar-refractivity contribution in [3.63, 3.8) is 0 Å². The number of hydrogen-bond donors (Lipinski definition) is 1. The summed E-state index contributed by atoms with van der Waals surface area (Å²) in [5.74, 6) is 0. The molecular weight excluding hydrogens is 351 g/mol. The normalized spacial score (nSPS) is 17.5. The Bertz CT molecular complexity index is 789. The molecular formula is C13H14F3N3O2S2. The Morgan fingerprint density at radius 3 is 2.48 bits per heavy atom. The van der Waals surface area contributed by atoms with Crippen molar-refractivity contribution in [2.75, 3.05) is 13.1 Å². The fraction of sp³-hybridized carbons (Fsp3) is 0.462. The molecule has 3 heterocycles. The number of aromatic amines is 1. The van der Waals surface area contributed by atoms with Crippen LogP contribution in [0.4, 0.5) is 13.2 Å². The summed E-state index contributed by atoms with van der Waals surface area (Å²) in [5.41, 5.74) is -0.872. The number of hydrogen-bond acceptors (Lipinski definition) is 4. The lowest BCUT2D eigenvalue weighted by molar-refractivity contribution is -0.141. The summed E-state index contributed by atoms with van der Waals surface area (Å²) in [6, 6.07) is 3.78. The smallest absolute Gasteiger partial charge is 0.273 e. The number of thiophene rings is 1. The monoisotopic (exact) mass is 365 g/mol. The molecule has 0 saturated carbocycles. The van der Waals surface area contributed by atoms with Gasteiger partial charge in [0, 0.05) is 13.1 Å². The van der Waals surface area contributed by atoms with Gasteiger partial charge in [0.15, 0.2) is 0 Å². The SMILES string of the molecule is O=S(=O)(c1ccc(-c2cc(C(F)(F)F)[nH]n2)s1)N1CCCCC1. The molecule has 0 atom stereocenters. The molecule has 126 valence electrons. The second kappa shape index (κ2) is 5.91. The molecule has 0 radical (unpaired) electrons. The van der Waals surface area contributed by atoms with Gasteiger partial charge in [0.05, 0.1) is 4.88 Å². The minimum absolute atomic E-state index is 0.0856. The van der Waals surface area contributed by atoms with Crippen LogP contribution in [0, 0.1) is 0 Å². The number of piperidine rings is 1. The number of alkyl halides is 3. The molecule has 1 aliphatic heterocycles. The number of H-pyrrole nitrogens is 1. The van der Waals surface area contributed by atoms with Crippen LogP contribution in [0.5, 0.6) is 0 Å². The summed E-state index contributed by atoms with van der Waals surface area (Å²) in [6.07, 6.45) is -1.85. The second-order valence-electron chi connectivity index (χ2n) is 5.25. The third-order valence-corrected chi connectivity index (χ3v) is 7.10. The maximum absolute atomic E-state index is 12.6. The summed E-state index contributed by atoms with van der Waals surface area (Å²) in [5, 5.41) is 5.55. The summed E-state index contributed by atoms with van der Waals surface area (Å²) < 4.78 is 64.4. The predicted octanol–water partition coefficient (Wildman–Crippen LogP) is 3.33. The van der Waals surface area contributed by atoms with Gasteiger partial charge in [-0.3, -0.25) is 5.10 Å². The lowest BCUT2D eigenvalue weighted by Crippen LogP contribution is -2.35. The Labute approximate surface area is 135 Å². The molecule has 0 aromatic carbocycles. The average molecular weight is 365 g/mol. The first-order valence-electron chi connectivity index (χ1n) is 7.01. The Kier molecular flexibility index (Phi) is 4.23. The third-order valence-electron chi connectivity index (χ3n) is 3.63. The van der Waals surface area contributed by atoms with Gasteiger partial charge in [-0.1, -0.05) is 6.42 Å². The topological polar surface area (TPSA) is 66.1 Å². The fourth-order valence-electron chi connectivity index (χ4n) is 2.42. The number of rotatable bonds is 3. The van der Waals surface area contributed by atoms with Gasteiger partial charge in [0.25, 0.3) is 10.0 Å². The highest BCUT2D eigenvalue weighted by Crippen LogP contribution is 2.35. The van der Waals surface area contributed by atoms with Gasteiger partial charge in [-0.15, -0.1) is 11.3 Å². The minimum atomic E-state index is -4.51. The van der Waals surface area contributed by atoms with E-state index >= 15 is 0 Å². The van der Waals surface area contributed by atoms with Crippen LogP contribution in [0.3, 0.4) is 0 Å². The van der Waals surface area contributed by atoms with Crippen LogP contribution in [-0.4, -0.2) is 36.0 Å². The third kappa shape index (κ3) is 3.29. The summed E-state index contributed by atoms with van der Waals surface area (Å²) in [6.45, 7) is 0.965. The van der Waals surface area contributed by atoms with Crippen LogP contribution in [0.2, 0.25) is 0 Å². The highest BCUT2D eigenvalue weighted by molar-refractivity contribution is 7.91. The van der Waals surface area contributed by atoms with Crippen molar-refractivity contribution in [1.82, 2.24) is 14.5 Å². The lowest BCUT2D eigenvalue weighted by Gasteiger charge is -2.25. The Balaban J connectivity index is 1.87. The largest absolute Gasteiger partial charge is 0.432 e. The number of nitrogens with zero attached hydrogens (tertiary/aromatic N) is 2. The molecule has 1 fully saturated rings. The van der Waals surface area contributed by atoms with E-state index in [0.29, 0.717) is 18.0 Å². The maximum Gasteiger partial charge on any atom is 0.432 e. The zero-order valence-electron chi connectivity index (χ0n) is 11.9. The fourth-order valence-corrected chi connectivity index (χ4v) is 5.36. The molecule has 5 nitrogen and oxygen atoms in total. The first-order chi connectivity index (χ1) is 10.8. The molecule has 1 aliphatic rings. The minimum Gasteiger partial charge on any atom is -0.273 e. The molecule has 10 heteroatoms. The van der Waals surface area contributed by atoms with E-state index in [1.54, 1.807) is 0 Å². The van der Waals surface area contributed by atoms with Crippen LogP contribution in [-0.2, 0) is 16.2 Å². The summed E-state index contributed by atoms with van der Waals surface area (Å²) in [4.78, 5) is 0.382. The molecule has 1 N–H and O–H groups in total. The van der Waals surface area contributed by atoms with Crippen LogP contribution >= 0.6 is 11.3 Å². The highest BCUT2D eigenvalue weighted by Gasteiger charge is 2.33. The Morgan fingerprint density at radius 1 is 1.17 bits per heavy atom. The Hall–Kier alpha value is -1.39. The highest BCUT2D eigenvalue weighted by atomic mass is 32.2. The molecule has 1 saturated heterocycles. The molecule has 3 rings (SSSR count). The van der Waals surface area contributed by atoms with E-state index in [4.69, 9.17) is 0 Å². The van der Waals surface area contributed by atoms with Crippen molar-refractivity contribution in [3.8, 4) is 10.6 Å². The number of halogens is 3. The summed E-state index contributed by atoms with van der Waals surface area (Å²) >= 11 is 0.931. The first kappa shape index (κ1) is 16.5. The van der Waals surface area contributed by atoms with Crippen LogP contribution in [0.15, 0.2) is 22.4 Å². The second-order valence-corrected chi connectivity index (χ2v) is 8.50. The lowest BCUT2D eigenvalue weighted by atomic mass is 10.2. The van der Waals surface area contributed by atoms with Gasteiger partial charge in [-0.2, -0.15) is 22.6 Å². The van der Waals surface area contributed by atoms with Gasteiger partial charge < -0.3 is 0 Å².